The average Bonchev–Trinajstić information content (AvgIpc) is 2.20. The van der Waals surface area contributed by atoms with E-state index >= 15 is 0 Å². The fourth-order valence-corrected chi connectivity index (χ4v) is 0.655. The van der Waals surface area contributed by atoms with Crippen molar-refractivity contribution in [1.82, 2.24) is 10.6 Å². The van der Waals surface area contributed by atoms with Crippen LogP contribution in [0.25, 0.3) is 0 Å². The minimum atomic E-state index is -1.26. The first-order chi connectivity index (χ1) is 7.43. The summed E-state index contributed by atoms with van der Waals surface area (Å²) >= 11 is 0. The Morgan fingerprint density at radius 1 is 0.938 bits per heavy atom. The van der Waals surface area contributed by atoms with Crippen LogP contribution in [0, 0.1) is 0 Å². The van der Waals surface area contributed by atoms with E-state index in [1.54, 1.807) is 0 Å². The Bertz CT molecular complexity index is 303. The van der Waals surface area contributed by atoms with Gasteiger partial charge >= 0.3 is 23.8 Å². The summed E-state index contributed by atoms with van der Waals surface area (Å²) in [6.07, 6.45) is 1.12. The maximum atomic E-state index is 10.3. The van der Waals surface area contributed by atoms with Gasteiger partial charge in [0.15, 0.2) is 0 Å². The normalized spacial score (nSPS) is 14.5. The third-order valence-electron chi connectivity index (χ3n) is 1.27. The molecule has 1 saturated heterocycles. The Kier molecular flexibility index (Phi) is 5.95. The van der Waals surface area contributed by atoms with Gasteiger partial charge in [0.1, 0.15) is 0 Å². The van der Waals surface area contributed by atoms with Gasteiger partial charge in [-0.3, -0.25) is 9.59 Å². The van der Waals surface area contributed by atoms with Gasteiger partial charge in [0.05, 0.1) is 0 Å². The highest BCUT2D eigenvalue weighted by molar-refractivity contribution is 6.35. The fraction of sp³-hybridized carbons (Fsp3) is 0.250. The van der Waals surface area contributed by atoms with Crippen LogP contribution in [0.2, 0.25) is 0 Å². The highest BCUT2D eigenvalue weighted by Crippen LogP contribution is 1.73. The average molecular weight is 230 g/mol. The molecule has 0 radical (unpaired) electrons. The maximum absolute atomic E-state index is 10.3. The zero-order valence-electron chi connectivity index (χ0n) is 8.10. The van der Waals surface area contributed by atoms with Crippen LogP contribution in [0.3, 0.4) is 0 Å². The third kappa shape index (κ3) is 7.06. The third-order valence-corrected chi connectivity index (χ3v) is 1.27. The number of carboxylic acid groups (broad SMARTS) is 2. The van der Waals surface area contributed by atoms with Crippen molar-refractivity contribution in [3.8, 4) is 0 Å². The molecular weight excluding hydrogens is 220 g/mol. The molecular formula is C8H10N2O6. The summed E-state index contributed by atoms with van der Waals surface area (Å²) < 4.78 is 0. The Hall–Kier alpha value is -2.38. The van der Waals surface area contributed by atoms with Gasteiger partial charge in [0.2, 0.25) is 0 Å². The number of nitrogens with one attached hydrogen (secondary N) is 2. The van der Waals surface area contributed by atoms with E-state index in [9.17, 15) is 19.2 Å². The van der Waals surface area contributed by atoms with Gasteiger partial charge < -0.3 is 20.8 Å². The second-order valence-electron chi connectivity index (χ2n) is 2.52. The molecule has 88 valence electrons. The van der Waals surface area contributed by atoms with Crippen molar-refractivity contribution in [2.45, 2.75) is 0 Å². The number of hydrogen-bond donors (Lipinski definition) is 4. The van der Waals surface area contributed by atoms with Gasteiger partial charge in [-0.25, -0.2) is 9.59 Å². The van der Waals surface area contributed by atoms with Gasteiger partial charge in [-0.2, -0.15) is 0 Å². The number of carbonyl (C=O) groups excluding carboxylic acids is 2. The molecule has 1 rings (SSSR count). The standard InChI is InChI=1S/C4H6N2O2.C4H4O4/c7-3-4(8)6-2-1-5-3;5-3(6)1-2-4(7)8/h1-2H2,(H,5,7)(H,6,8);1-2H,(H,5,6)(H,7,8). The van der Waals surface area contributed by atoms with Crippen molar-refractivity contribution in [1.29, 1.82) is 0 Å². The number of amides is 2. The molecule has 0 unspecified atom stereocenters. The lowest BCUT2D eigenvalue weighted by Crippen LogP contribution is -2.49. The number of carboxylic acids is 2. The highest BCUT2D eigenvalue weighted by atomic mass is 16.4. The molecule has 1 heterocycles. The van der Waals surface area contributed by atoms with E-state index in [-0.39, 0.29) is 0 Å². The molecule has 0 spiro atoms. The van der Waals surface area contributed by atoms with Crippen LogP contribution < -0.4 is 10.6 Å². The zero-order valence-corrected chi connectivity index (χ0v) is 8.10. The fourth-order valence-electron chi connectivity index (χ4n) is 0.655. The number of piperazine rings is 1. The highest BCUT2D eigenvalue weighted by Gasteiger charge is 2.15. The molecule has 0 aromatic carbocycles. The quantitative estimate of drug-likeness (QED) is 0.318. The van der Waals surface area contributed by atoms with Gasteiger partial charge in [-0.1, -0.05) is 0 Å². The SMILES string of the molecule is O=C(O)C=CC(=O)O.O=C1NCCNC1=O. The first-order valence-electron chi connectivity index (χ1n) is 4.13. The summed E-state index contributed by atoms with van der Waals surface area (Å²) in [5.74, 6) is -3.58. The van der Waals surface area contributed by atoms with Crippen LogP contribution in [0.1, 0.15) is 0 Å². The largest absolute Gasteiger partial charge is 0.478 e. The van der Waals surface area contributed by atoms with Crippen molar-refractivity contribution in [2.75, 3.05) is 13.1 Å². The summed E-state index contributed by atoms with van der Waals surface area (Å²) in [7, 11) is 0. The van der Waals surface area contributed by atoms with Crippen LogP contribution in [0.4, 0.5) is 0 Å². The smallest absolute Gasteiger partial charge is 0.328 e. The van der Waals surface area contributed by atoms with Crippen molar-refractivity contribution in [3.05, 3.63) is 12.2 Å². The Balaban J connectivity index is 0.000000281. The van der Waals surface area contributed by atoms with E-state index in [2.05, 4.69) is 10.6 Å². The number of carbonyl (C=O) groups is 4. The molecule has 1 fully saturated rings. The lowest BCUT2D eigenvalue weighted by molar-refractivity contribution is -0.140. The minimum Gasteiger partial charge on any atom is -0.478 e. The lowest BCUT2D eigenvalue weighted by Gasteiger charge is -2.10. The van der Waals surface area contributed by atoms with Gasteiger partial charge in [-0.15, -0.1) is 0 Å². The van der Waals surface area contributed by atoms with Crippen molar-refractivity contribution in [3.63, 3.8) is 0 Å². The van der Waals surface area contributed by atoms with Crippen molar-refractivity contribution >= 4 is 23.8 Å². The monoisotopic (exact) mass is 230 g/mol. The molecule has 0 aromatic rings. The number of aliphatic carboxylic acids is 2. The van der Waals surface area contributed by atoms with Crippen LogP contribution >= 0.6 is 0 Å². The maximum Gasteiger partial charge on any atom is 0.328 e. The molecule has 0 bridgehead atoms. The Morgan fingerprint density at radius 3 is 1.44 bits per heavy atom. The predicted molar refractivity (Wildman–Crippen MR) is 50.4 cm³/mol. The van der Waals surface area contributed by atoms with E-state index in [4.69, 9.17) is 10.2 Å². The first-order valence-corrected chi connectivity index (χ1v) is 4.13. The van der Waals surface area contributed by atoms with Gasteiger partial charge in [0.25, 0.3) is 0 Å². The molecule has 8 heteroatoms. The van der Waals surface area contributed by atoms with E-state index in [0.717, 1.165) is 0 Å². The molecule has 1 aliphatic heterocycles. The van der Waals surface area contributed by atoms with E-state index in [1.807, 2.05) is 0 Å². The van der Waals surface area contributed by atoms with Gasteiger partial charge in [0, 0.05) is 25.2 Å². The summed E-state index contributed by atoms with van der Waals surface area (Å²) in [6, 6.07) is 0. The molecule has 2 amide bonds. The zero-order chi connectivity index (χ0) is 12.6. The summed E-state index contributed by atoms with van der Waals surface area (Å²) in [4.78, 5) is 39.6. The van der Waals surface area contributed by atoms with E-state index in [1.165, 1.54) is 0 Å². The first kappa shape index (κ1) is 13.6. The molecule has 8 nitrogen and oxygen atoms in total. The van der Waals surface area contributed by atoms with Crippen molar-refractivity contribution in [2.24, 2.45) is 0 Å². The molecule has 1 aliphatic rings. The Labute approximate surface area is 89.9 Å². The Morgan fingerprint density at radius 2 is 1.25 bits per heavy atom. The molecule has 16 heavy (non-hydrogen) atoms. The summed E-state index contributed by atoms with van der Waals surface area (Å²) in [6.45, 7) is 1.09. The van der Waals surface area contributed by atoms with E-state index < -0.39 is 23.8 Å². The molecule has 0 aliphatic carbocycles. The summed E-state index contributed by atoms with van der Waals surface area (Å²) in [5.41, 5.74) is 0. The lowest BCUT2D eigenvalue weighted by atomic mass is 10.4. The predicted octanol–water partition coefficient (Wildman–Crippen LogP) is -2.06. The molecule has 0 atom stereocenters. The summed E-state index contributed by atoms with van der Waals surface area (Å²) in [5, 5.41) is 20.4. The van der Waals surface area contributed by atoms with Gasteiger partial charge in [-0.05, 0) is 0 Å². The number of hydrogen-bond acceptors (Lipinski definition) is 4. The van der Waals surface area contributed by atoms with Crippen LogP contribution in [0.15, 0.2) is 12.2 Å². The van der Waals surface area contributed by atoms with Crippen LogP contribution in [-0.4, -0.2) is 47.1 Å². The van der Waals surface area contributed by atoms with Crippen molar-refractivity contribution < 1.29 is 29.4 Å². The van der Waals surface area contributed by atoms with E-state index in [0.29, 0.717) is 25.2 Å². The molecule has 4 N–H and O–H groups in total. The number of rotatable bonds is 2. The van der Waals surface area contributed by atoms with Crippen LogP contribution in [0.5, 0.6) is 0 Å². The molecule has 0 aromatic heterocycles. The molecule has 0 saturated carbocycles. The van der Waals surface area contributed by atoms with Crippen LogP contribution in [-0.2, 0) is 19.2 Å². The minimum absolute atomic E-state index is 0.531. The second-order valence-corrected chi connectivity index (χ2v) is 2.52. The topological polar surface area (TPSA) is 133 Å². The second kappa shape index (κ2) is 6.98.